The average molecular weight is 723 g/mol. The van der Waals surface area contributed by atoms with Gasteiger partial charge in [0.25, 0.3) is 0 Å². The van der Waals surface area contributed by atoms with Crippen molar-refractivity contribution in [1.29, 1.82) is 0 Å². The van der Waals surface area contributed by atoms with E-state index in [1.165, 1.54) is 27.8 Å². The van der Waals surface area contributed by atoms with Crippen LogP contribution in [-0.4, -0.2) is 5.97 Å². The standard InChI is InChI=1S/C51H46O4/c1-49(2)34-51(46-31-42(27-29-44(46)49)54-48(52)41-25-23-39(24-26-41)18-16-37-13-9-6-10-14-37)35-50(3,4)45-30-28-43(32-47(45)51)55-53-33-40-21-19-38(20-22-40)17-15-36-11-7-5-8-12-36/h5-32H,33-35H2,1-4H3. The molecular formula is C51H46O4. The highest BCUT2D eigenvalue weighted by atomic mass is 17.2. The Morgan fingerprint density at radius 2 is 0.982 bits per heavy atom. The molecule has 0 fully saturated rings. The average Bonchev–Trinajstić information content (AvgIpc) is 3.56. The summed E-state index contributed by atoms with van der Waals surface area (Å²) in [6.45, 7) is 9.61. The van der Waals surface area contributed by atoms with Crippen LogP contribution in [0.15, 0.2) is 146 Å². The Morgan fingerprint density at radius 3 is 1.51 bits per heavy atom. The van der Waals surface area contributed by atoms with Crippen molar-refractivity contribution in [2.24, 2.45) is 0 Å². The van der Waals surface area contributed by atoms with Crippen LogP contribution in [0.25, 0.3) is 24.3 Å². The Hall–Kier alpha value is -5.97. The van der Waals surface area contributed by atoms with E-state index in [-0.39, 0.29) is 22.2 Å². The molecule has 2 aliphatic rings. The second kappa shape index (κ2) is 14.7. The predicted octanol–water partition coefficient (Wildman–Crippen LogP) is 12.4. The number of esters is 1. The fourth-order valence-electron chi connectivity index (χ4n) is 8.72. The molecule has 0 saturated carbocycles. The summed E-state index contributed by atoms with van der Waals surface area (Å²) >= 11 is 0. The minimum atomic E-state index is -0.372. The first kappa shape index (κ1) is 36.0. The molecule has 6 aromatic carbocycles. The molecule has 0 aliphatic heterocycles. The number of hydrogen-bond acceptors (Lipinski definition) is 4. The number of ether oxygens (including phenoxy) is 1. The van der Waals surface area contributed by atoms with Crippen molar-refractivity contribution < 1.29 is 19.3 Å². The SMILES string of the molecule is CC1(C)CC2(CC(C)(C)c3ccc(OC(=O)c4ccc(C=Cc5ccccc5)cc4)cc32)c2cc(OOCc3ccc(C=Cc4ccccc4)cc3)ccc21. The minimum absolute atomic E-state index is 0.0630. The van der Waals surface area contributed by atoms with Gasteiger partial charge in [-0.05, 0) is 110 Å². The topological polar surface area (TPSA) is 44.8 Å². The largest absolute Gasteiger partial charge is 0.423 e. The molecule has 55 heavy (non-hydrogen) atoms. The zero-order valence-corrected chi connectivity index (χ0v) is 31.9. The molecule has 6 aromatic rings. The molecule has 0 aromatic heterocycles. The van der Waals surface area contributed by atoms with Gasteiger partial charge in [-0.1, -0.05) is 161 Å². The molecule has 0 N–H and O–H groups in total. The smallest absolute Gasteiger partial charge is 0.343 e. The Balaban J connectivity index is 0.985. The molecular weight excluding hydrogens is 677 g/mol. The second-order valence-electron chi connectivity index (χ2n) is 16.2. The number of carbonyl (C=O) groups is 1. The zero-order valence-electron chi connectivity index (χ0n) is 31.9. The highest BCUT2D eigenvalue weighted by Crippen LogP contribution is 2.63. The van der Waals surface area contributed by atoms with Gasteiger partial charge in [-0.2, -0.15) is 4.89 Å². The van der Waals surface area contributed by atoms with Crippen molar-refractivity contribution >= 4 is 30.3 Å². The zero-order chi connectivity index (χ0) is 38.0. The molecule has 1 unspecified atom stereocenters. The van der Waals surface area contributed by atoms with Crippen LogP contribution in [0, 0.1) is 0 Å². The molecule has 0 bridgehead atoms. The maximum atomic E-state index is 13.4. The van der Waals surface area contributed by atoms with Crippen molar-refractivity contribution in [3.8, 4) is 11.5 Å². The van der Waals surface area contributed by atoms with Crippen molar-refractivity contribution in [3.05, 3.63) is 201 Å². The quantitative estimate of drug-likeness (QED) is 0.0464. The second-order valence-corrected chi connectivity index (χ2v) is 16.2. The van der Waals surface area contributed by atoms with Gasteiger partial charge in [0.05, 0.1) is 5.56 Å². The predicted molar refractivity (Wildman–Crippen MR) is 223 cm³/mol. The number of rotatable bonds is 10. The molecule has 0 saturated heterocycles. The number of hydrogen-bond donors (Lipinski definition) is 0. The molecule has 274 valence electrons. The molecule has 8 rings (SSSR count). The lowest BCUT2D eigenvalue weighted by atomic mass is 9.72. The molecule has 0 amide bonds. The fraction of sp³-hybridized carbons (Fsp3) is 0.196. The maximum absolute atomic E-state index is 13.4. The van der Waals surface area contributed by atoms with E-state index < -0.39 is 0 Å². The molecule has 2 aliphatic carbocycles. The Bertz CT molecular complexity index is 2370. The summed E-state index contributed by atoms with van der Waals surface area (Å²) in [4.78, 5) is 25.2. The van der Waals surface area contributed by atoms with Crippen LogP contribution in [-0.2, 0) is 27.7 Å². The van der Waals surface area contributed by atoms with E-state index >= 15 is 0 Å². The van der Waals surface area contributed by atoms with Crippen LogP contribution in [0.1, 0.15) is 101 Å². The third-order valence-electron chi connectivity index (χ3n) is 11.2. The van der Waals surface area contributed by atoms with Crippen LogP contribution >= 0.6 is 0 Å². The van der Waals surface area contributed by atoms with E-state index in [0.717, 1.165) is 35.1 Å². The van der Waals surface area contributed by atoms with Crippen molar-refractivity contribution in [1.82, 2.24) is 0 Å². The monoisotopic (exact) mass is 722 g/mol. The van der Waals surface area contributed by atoms with Crippen molar-refractivity contribution in [3.63, 3.8) is 0 Å². The van der Waals surface area contributed by atoms with E-state index in [1.54, 1.807) is 0 Å². The first-order chi connectivity index (χ1) is 26.6. The number of carbonyl (C=O) groups excluding carboxylic acids is 1. The maximum Gasteiger partial charge on any atom is 0.343 e. The molecule has 1 atom stereocenters. The first-order valence-electron chi connectivity index (χ1n) is 19.1. The van der Waals surface area contributed by atoms with Gasteiger partial charge in [0.15, 0.2) is 5.75 Å². The van der Waals surface area contributed by atoms with E-state index in [2.05, 4.69) is 119 Å². The summed E-state index contributed by atoms with van der Waals surface area (Å²) in [5.41, 5.74) is 10.6. The highest BCUT2D eigenvalue weighted by molar-refractivity contribution is 5.91. The minimum Gasteiger partial charge on any atom is -0.423 e. The summed E-state index contributed by atoms with van der Waals surface area (Å²) in [5, 5.41) is 0. The van der Waals surface area contributed by atoms with Crippen LogP contribution < -0.4 is 9.62 Å². The summed E-state index contributed by atoms with van der Waals surface area (Å²) < 4.78 is 6.06. The van der Waals surface area contributed by atoms with Gasteiger partial charge in [0.1, 0.15) is 12.4 Å². The van der Waals surface area contributed by atoms with Gasteiger partial charge in [0, 0.05) is 5.41 Å². The van der Waals surface area contributed by atoms with Crippen LogP contribution in [0.5, 0.6) is 11.5 Å². The lowest BCUT2D eigenvalue weighted by Gasteiger charge is -2.30. The molecule has 1 spiro atoms. The molecule has 4 nitrogen and oxygen atoms in total. The normalized spacial score (nSPS) is 17.7. The third-order valence-corrected chi connectivity index (χ3v) is 11.2. The number of fused-ring (bicyclic) bond motifs is 4. The Kier molecular flexibility index (Phi) is 9.63. The van der Waals surface area contributed by atoms with Gasteiger partial charge < -0.3 is 9.62 Å². The van der Waals surface area contributed by atoms with Gasteiger partial charge in [-0.3, -0.25) is 0 Å². The van der Waals surface area contributed by atoms with Gasteiger partial charge in [0.2, 0.25) is 0 Å². The van der Waals surface area contributed by atoms with E-state index in [9.17, 15) is 4.79 Å². The van der Waals surface area contributed by atoms with Crippen LogP contribution in [0.4, 0.5) is 0 Å². The van der Waals surface area contributed by atoms with E-state index in [0.29, 0.717) is 23.7 Å². The van der Waals surface area contributed by atoms with Crippen LogP contribution in [0.2, 0.25) is 0 Å². The highest BCUT2D eigenvalue weighted by Gasteiger charge is 2.56. The lowest BCUT2D eigenvalue weighted by Crippen LogP contribution is -2.27. The fourth-order valence-corrected chi connectivity index (χ4v) is 8.72. The summed E-state index contributed by atoms with van der Waals surface area (Å²) in [6.07, 6.45) is 10.2. The number of benzene rings is 6. The van der Waals surface area contributed by atoms with Crippen LogP contribution in [0.3, 0.4) is 0 Å². The summed E-state index contributed by atoms with van der Waals surface area (Å²) in [5.74, 6) is 0.856. The van der Waals surface area contributed by atoms with Crippen molar-refractivity contribution in [2.45, 2.75) is 63.4 Å². The summed E-state index contributed by atoms with van der Waals surface area (Å²) in [6, 6.07) is 48.9. The molecule has 4 heteroatoms. The van der Waals surface area contributed by atoms with Gasteiger partial charge in [-0.15, -0.1) is 0 Å². The Morgan fingerprint density at radius 1 is 0.527 bits per heavy atom. The molecule has 0 radical (unpaired) electrons. The van der Waals surface area contributed by atoms with Gasteiger partial charge >= 0.3 is 5.97 Å². The summed E-state index contributed by atoms with van der Waals surface area (Å²) in [7, 11) is 0. The van der Waals surface area contributed by atoms with E-state index in [4.69, 9.17) is 14.5 Å². The lowest BCUT2D eigenvalue weighted by molar-refractivity contribution is -0.217. The Labute approximate surface area is 324 Å². The van der Waals surface area contributed by atoms with Crippen molar-refractivity contribution in [2.75, 3.05) is 0 Å². The first-order valence-corrected chi connectivity index (χ1v) is 19.1. The molecule has 0 heterocycles. The van der Waals surface area contributed by atoms with Gasteiger partial charge in [-0.25, -0.2) is 4.79 Å². The van der Waals surface area contributed by atoms with E-state index in [1.807, 2.05) is 78.9 Å². The third kappa shape index (κ3) is 7.56.